The highest BCUT2D eigenvalue weighted by Crippen LogP contribution is 2.09. The van der Waals surface area contributed by atoms with Gasteiger partial charge in [0.25, 0.3) is 0 Å². The number of carbonyl (C=O) groups excluding carboxylic acids is 1. The molecule has 2 aromatic rings. The third-order valence-electron chi connectivity index (χ3n) is 2.95. The van der Waals surface area contributed by atoms with Crippen molar-refractivity contribution in [1.29, 1.82) is 0 Å². The summed E-state index contributed by atoms with van der Waals surface area (Å²) < 4.78 is 4.14. The first-order chi connectivity index (χ1) is 8.66. The lowest BCUT2D eigenvalue weighted by Crippen LogP contribution is -2.06. The fourth-order valence-electron chi connectivity index (χ4n) is 1.91. The van der Waals surface area contributed by atoms with Gasteiger partial charge >= 0.3 is 0 Å². The number of nitrogens with zero attached hydrogens (tertiary/aromatic N) is 3. The maximum Gasteiger partial charge on any atom is 0.166 e. The monoisotopic (exact) mass is 245 g/mol. The predicted molar refractivity (Wildman–Crippen MR) is 70.4 cm³/mol. The first-order valence-corrected chi connectivity index (χ1v) is 6.32. The maximum atomic E-state index is 11.8. The standard InChI is InChI=1S/C14H19N3O/c1-12(2)14(18)13-4-8-16(10-13)6-3-7-17-9-5-15-11-17/h4-5,8-12H,3,6-7H2,1-2H3. The van der Waals surface area contributed by atoms with Crippen molar-refractivity contribution in [1.82, 2.24) is 14.1 Å². The molecule has 18 heavy (non-hydrogen) atoms. The largest absolute Gasteiger partial charge is 0.353 e. The second kappa shape index (κ2) is 5.67. The Bertz CT molecular complexity index is 497. The van der Waals surface area contributed by atoms with Gasteiger partial charge in [0.2, 0.25) is 0 Å². The molecule has 0 radical (unpaired) electrons. The Morgan fingerprint density at radius 1 is 1.28 bits per heavy atom. The Hall–Kier alpha value is -1.84. The van der Waals surface area contributed by atoms with Crippen LogP contribution in [0.4, 0.5) is 0 Å². The Labute approximate surface area is 107 Å². The fourth-order valence-corrected chi connectivity index (χ4v) is 1.91. The van der Waals surface area contributed by atoms with Crippen molar-refractivity contribution in [3.8, 4) is 0 Å². The number of hydrogen-bond donors (Lipinski definition) is 0. The molecule has 96 valence electrons. The third-order valence-corrected chi connectivity index (χ3v) is 2.95. The molecule has 4 heteroatoms. The second-order valence-electron chi connectivity index (χ2n) is 4.81. The highest BCUT2D eigenvalue weighted by molar-refractivity contribution is 5.97. The van der Waals surface area contributed by atoms with Gasteiger partial charge in [0, 0.05) is 49.4 Å². The van der Waals surface area contributed by atoms with Gasteiger partial charge < -0.3 is 9.13 Å². The summed E-state index contributed by atoms with van der Waals surface area (Å²) >= 11 is 0. The molecular weight excluding hydrogens is 226 g/mol. The van der Waals surface area contributed by atoms with Gasteiger partial charge in [-0.05, 0) is 12.5 Å². The molecular formula is C14H19N3O. The van der Waals surface area contributed by atoms with Gasteiger partial charge in [0.05, 0.1) is 6.33 Å². The Morgan fingerprint density at radius 2 is 2.06 bits per heavy atom. The Kier molecular flexibility index (Phi) is 3.97. The summed E-state index contributed by atoms with van der Waals surface area (Å²) in [5, 5.41) is 0. The molecule has 0 N–H and O–H groups in total. The molecule has 0 spiro atoms. The van der Waals surface area contributed by atoms with Crippen LogP contribution in [0.5, 0.6) is 0 Å². The summed E-state index contributed by atoms with van der Waals surface area (Å²) in [6, 6.07) is 1.90. The quantitative estimate of drug-likeness (QED) is 0.734. The zero-order valence-electron chi connectivity index (χ0n) is 10.9. The minimum absolute atomic E-state index is 0.0619. The number of imidazole rings is 1. The van der Waals surface area contributed by atoms with Gasteiger partial charge in [-0.15, -0.1) is 0 Å². The molecule has 0 aromatic carbocycles. The smallest absolute Gasteiger partial charge is 0.166 e. The molecule has 0 unspecified atom stereocenters. The van der Waals surface area contributed by atoms with Crippen molar-refractivity contribution in [3.05, 3.63) is 42.7 Å². The molecule has 0 saturated carbocycles. The topological polar surface area (TPSA) is 39.8 Å². The van der Waals surface area contributed by atoms with E-state index < -0.39 is 0 Å². The predicted octanol–water partition coefficient (Wildman–Crippen LogP) is 2.61. The van der Waals surface area contributed by atoms with Gasteiger partial charge in [-0.3, -0.25) is 4.79 Å². The maximum absolute atomic E-state index is 11.8. The fraction of sp³-hybridized carbons (Fsp3) is 0.429. The van der Waals surface area contributed by atoms with E-state index in [4.69, 9.17) is 0 Å². The molecule has 0 bridgehead atoms. The van der Waals surface area contributed by atoms with Crippen LogP contribution in [-0.2, 0) is 13.1 Å². The van der Waals surface area contributed by atoms with Gasteiger partial charge in [-0.1, -0.05) is 13.8 Å². The van der Waals surface area contributed by atoms with E-state index in [9.17, 15) is 4.79 Å². The first kappa shape index (κ1) is 12.6. The van der Waals surface area contributed by atoms with Crippen molar-refractivity contribution in [2.75, 3.05) is 0 Å². The van der Waals surface area contributed by atoms with Crippen LogP contribution in [0.3, 0.4) is 0 Å². The van der Waals surface area contributed by atoms with Crippen LogP contribution < -0.4 is 0 Å². The Balaban J connectivity index is 1.85. The summed E-state index contributed by atoms with van der Waals surface area (Å²) in [6.45, 7) is 5.73. The highest BCUT2D eigenvalue weighted by atomic mass is 16.1. The molecule has 0 amide bonds. The molecule has 2 heterocycles. The lowest BCUT2D eigenvalue weighted by molar-refractivity contribution is 0.0939. The first-order valence-electron chi connectivity index (χ1n) is 6.32. The normalized spacial score (nSPS) is 11.1. The molecule has 0 aliphatic carbocycles. The number of aryl methyl sites for hydroxylation is 2. The van der Waals surface area contributed by atoms with Gasteiger partial charge in [0.1, 0.15) is 0 Å². The van der Waals surface area contributed by atoms with Crippen molar-refractivity contribution in [2.24, 2.45) is 5.92 Å². The van der Waals surface area contributed by atoms with Crippen molar-refractivity contribution >= 4 is 5.78 Å². The van der Waals surface area contributed by atoms with E-state index in [1.165, 1.54) is 0 Å². The Morgan fingerprint density at radius 3 is 2.72 bits per heavy atom. The summed E-state index contributed by atoms with van der Waals surface area (Å²) in [6.07, 6.45) is 10.5. The number of hydrogen-bond acceptors (Lipinski definition) is 2. The van der Waals surface area contributed by atoms with E-state index in [1.807, 2.05) is 44.8 Å². The van der Waals surface area contributed by atoms with E-state index in [1.54, 1.807) is 6.20 Å². The molecule has 4 nitrogen and oxygen atoms in total. The van der Waals surface area contributed by atoms with Crippen LogP contribution in [0.25, 0.3) is 0 Å². The number of ketones is 1. The van der Waals surface area contributed by atoms with Crippen LogP contribution in [-0.4, -0.2) is 19.9 Å². The summed E-state index contributed by atoms with van der Waals surface area (Å²) in [5.41, 5.74) is 0.813. The van der Waals surface area contributed by atoms with Crippen molar-refractivity contribution < 1.29 is 4.79 Å². The molecule has 2 rings (SSSR count). The summed E-state index contributed by atoms with van der Waals surface area (Å²) in [7, 11) is 0. The minimum Gasteiger partial charge on any atom is -0.353 e. The van der Waals surface area contributed by atoms with Gasteiger partial charge in [-0.2, -0.15) is 0 Å². The zero-order chi connectivity index (χ0) is 13.0. The molecule has 0 atom stereocenters. The molecule has 0 fully saturated rings. The van der Waals surface area contributed by atoms with Crippen LogP contribution in [0.1, 0.15) is 30.6 Å². The average Bonchev–Trinajstić information content (AvgIpc) is 2.99. The second-order valence-corrected chi connectivity index (χ2v) is 4.81. The number of Topliss-reactive ketones (excluding diaryl/α,β-unsaturated/α-hetero) is 1. The van der Waals surface area contributed by atoms with Crippen molar-refractivity contribution in [3.63, 3.8) is 0 Å². The number of aromatic nitrogens is 3. The lowest BCUT2D eigenvalue weighted by Gasteiger charge is -2.04. The zero-order valence-corrected chi connectivity index (χ0v) is 10.9. The number of rotatable bonds is 6. The molecule has 0 saturated heterocycles. The van der Waals surface area contributed by atoms with E-state index in [0.717, 1.165) is 25.1 Å². The number of carbonyl (C=O) groups is 1. The van der Waals surface area contributed by atoms with Gasteiger partial charge in [0.15, 0.2) is 5.78 Å². The van der Waals surface area contributed by atoms with E-state index in [2.05, 4.69) is 14.1 Å². The van der Waals surface area contributed by atoms with Gasteiger partial charge in [-0.25, -0.2) is 4.98 Å². The van der Waals surface area contributed by atoms with E-state index in [0.29, 0.717) is 0 Å². The van der Waals surface area contributed by atoms with E-state index >= 15 is 0 Å². The van der Waals surface area contributed by atoms with Crippen LogP contribution in [0.2, 0.25) is 0 Å². The highest BCUT2D eigenvalue weighted by Gasteiger charge is 2.11. The van der Waals surface area contributed by atoms with E-state index in [-0.39, 0.29) is 11.7 Å². The van der Waals surface area contributed by atoms with Crippen molar-refractivity contribution in [2.45, 2.75) is 33.4 Å². The third kappa shape index (κ3) is 3.09. The average molecular weight is 245 g/mol. The molecule has 0 aliphatic rings. The van der Waals surface area contributed by atoms with Crippen LogP contribution in [0, 0.1) is 5.92 Å². The molecule has 2 aromatic heterocycles. The SMILES string of the molecule is CC(C)C(=O)c1ccn(CCCn2ccnc2)c1. The van der Waals surface area contributed by atoms with Crippen LogP contribution in [0.15, 0.2) is 37.2 Å². The summed E-state index contributed by atoms with van der Waals surface area (Å²) in [4.78, 5) is 15.8. The summed E-state index contributed by atoms with van der Waals surface area (Å²) in [5.74, 6) is 0.273. The molecule has 0 aliphatic heterocycles. The minimum atomic E-state index is 0.0619. The lowest BCUT2D eigenvalue weighted by atomic mass is 10.0. The van der Waals surface area contributed by atoms with Crippen LogP contribution >= 0.6 is 0 Å².